The lowest BCUT2D eigenvalue weighted by atomic mass is 10.2. The number of hydrogen-bond acceptors (Lipinski definition) is 3. The smallest absolute Gasteiger partial charge is 0.307 e. The zero-order valence-electron chi connectivity index (χ0n) is 9.56. The molecule has 1 rings (SSSR count). The van der Waals surface area contributed by atoms with Crippen LogP contribution in [-0.2, 0) is 9.59 Å². The predicted molar refractivity (Wildman–Crippen MR) is 57.8 cm³/mol. The maximum absolute atomic E-state index is 11.9. The van der Waals surface area contributed by atoms with Gasteiger partial charge in [-0.1, -0.05) is 13.3 Å². The third-order valence-electron chi connectivity index (χ3n) is 2.89. The molecule has 1 saturated carbocycles. The van der Waals surface area contributed by atoms with E-state index in [4.69, 9.17) is 10.2 Å². The summed E-state index contributed by atoms with van der Waals surface area (Å²) in [5.74, 6) is -1.87. The van der Waals surface area contributed by atoms with Gasteiger partial charge < -0.3 is 15.1 Å². The van der Waals surface area contributed by atoms with Crippen molar-refractivity contribution in [2.45, 2.75) is 26.2 Å². The number of rotatable bonds is 7. The summed E-state index contributed by atoms with van der Waals surface area (Å²) in [6.07, 6.45) is 2.31. The highest BCUT2D eigenvalue weighted by Crippen LogP contribution is 2.40. The minimum Gasteiger partial charge on any atom is -0.481 e. The molecule has 2 N–H and O–H groups in total. The van der Waals surface area contributed by atoms with Gasteiger partial charge in [0.1, 0.15) is 0 Å². The first kappa shape index (κ1) is 13.0. The summed E-state index contributed by atoms with van der Waals surface area (Å²) in [6.45, 7) is 2.87. The molecule has 1 aliphatic carbocycles. The van der Waals surface area contributed by atoms with Gasteiger partial charge in [-0.15, -0.1) is 0 Å². The first-order chi connectivity index (χ1) is 7.61. The van der Waals surface area contributed by atoms with Crippen molar-refractivity contribution < 1.29 is 19.8 Å². The molecule has 0 bridgehead atoms. The van der Waals surface area contributed by atoms with Crippen LogP contribution in [0, 0.1) is 11.8 Å². The quantitative estimate of drug-likeness (QED) is 0.659. The number of carboxylic acid groups (broad SMARTS) is 1. The lowest BCUT2D eigenvalue weighted by Crippen LogP contribution is -2.36. The van der Waals surface area contributed by atoms with Crippen molar-refractivity contribution in [3.05, 3.63) is 0 Å². The molecule has 16 heavy (non-hydrogen) atoms. The summed E-state index contributed by atoms with van der Waals surface area (Å²) in [5, 5.41) is 17.6. The van der Waals surface area contributed by atoms with Crippen LogP contribution in [0.3, 0.4) is 0 Å². The fourth-order valence-electron chi connectivity index (χ4n) is 1.78. The Kier molecular flexibility index (Phi) is 4.73. The Morgan fingerprint density at radius 1 is 1.31 bits per heavy atom. The van der Waals surface area contributed by atoms with Crippen molar-refractivity contribution in [2.75, 3.05) is 19.7 Å². The molecule has 2 atom stereocenters. The molecule has 1 amide bonds. The molecule has 1 aliphatic rings. The van der Waals surface area contributed by atoms with Crippen molar-refractivity contribution in [3.8, 4) is 0 Å². The third-order valence-corrected chi connectivity index (χ3v) is 2.89. The second-order valence-corrected chi connectivity index (χ2v) is 4.19. The highest BCUT2D eigenvalue weighted by Gasteiger charge is 2.49. The van der Waals surface area contributed by atoms with Gasteiger partial charge in [0.25, 0.3) is 0 Å². The van der Waals surface area contributed by atoms with E-state index in [1.807, 2.05) is 6.92 Å². The molecule has 1 fully saturated rings. The first-order valence-corrected chi connectivity index (χ1v) is 5.74. The number of nitrogens with zero attached hydrogens (tertiary/aromatic N) is 1. The van der Waals surface area contributed by atoms with E-state index >= 15 is 0 Å². The van der Waals surface area contributed by atoms with E-state index in [-0.39, 0.29) is 18.4 Å². The average molecular weight is 229 g/mol. The van der Waals surface area contributed by atoms with Gasteiger partial charge in [-0.25, -0.2) is 0 Å². The van der Waals surface area contributed by atoms with Crippen molar-refractivity contribution in [1.29, 1.82) is 0 Å². The molecule has 92 valence electrons. The van der Waals surface area contributed by atoms with Crippen LogP contribution in [0.15, 0.2) is 0 Å². The highest BCUT2D eigenvalue weighted by atomic mass is 16.4. The zero-order chi connectivity index (χ0) is 12.1. The molecule has 5 nitrogen and oxygen atoms in total. The minimum absolute atomic E-state index is 0.0695. The Morgan fingerprint density at radius 3 is 2.44 bits per heavy atom. The van der Waals surface area contributed by atoms with Gasteiger partial charge in [-0.3, -0.25) is 9.59 Å². The summed E-state index contributed by atoms with van der Waals surface area (Å²) in [6, 6.07) is 0. The zero-order valence-corrected chi connectivity index (χ0v) is 9.56. The summed E-state index contributed by atoms with van der Waals surface area (Å²) < 4.78 is 0. The maximum Gasteiger partial charge on any atom is 0.307 e. The largest absolute Gasteiger partial charge is 0.481 e. The Bertz CT molecular complexity index is 267. The molecule has 0 aromatic rings. The van der Waals surface area contributed by atoms with E-state index in [0.717, 1.165) is 12.8 Å². The Labute approximate surface area is 95.1 Å². The van der Waals surface area contributed by atoms with Gasteiger partial charge in [0.05, 0.1) is 18.4 Å². The van der Waals surface area contributed by atoms with Gasteiger partial charge in [0, 0.05) is 13.1 Å². The fraction of sp³-hybridized carbons (Fsp3) is 0.818. The average Bonchev–Trinajstić information content (AvgIpc) is 3.03. The highest BCUT2D eigenvalue weighted by molar-refractivity contribution is 5.89. The molecule has 0 heterocycles. The van der Waals surface area contributed by atoms with E-state index in [9.17, 15) is 9.59 Å². The standard InChI is InChI=1S/C11H19NO4/c1-2-3-4-12(5-6-13)10(14)8-7-9(8)11(15)16/h8-9,13H,2-7H2,1H3,(H,15,16)/t8-,9+/m1/s1. The second-order valence-electron chi connectivity index (χ2n) is 4.19. The van der Waals surface area contributed by atoms with Crippen LogP contribution < -0.4 is 0 Å². The summed E-state index contributed by atoms with van der Waals surface area (Å²) in [7, 11) is 0. The van der Waals surface area contributed by atoms with E-state index < -0.39 is 11.9 Å². The van der Waals surface area contributed by atoms with Gasteiger partial charge in [0.2, 0.25) is 5.91 Å². The number of carbonyl (C=O) groups excluding carboxylic acids is 1. The van der Waals surface area contributed by atoms with E-state index in [0.29, 0.717) is 19.5 Å². The molecule has 0 unspecified atom stereocenters. The number of aliphatic hydroxyl groups excluding tert-OH is 1. The van der Waals surface area contributed by atoms with Crippen molar-refractivity contribution >= 4 is 11.9 Å². The molecule has 0 spiro atoms. The molecule has 0 radical (unpaired) electrons. The number of hydrogen-bond donors (Lipinski definition) is 2. The number of carbonyl (C=O) groups is 2. The number of amides is 1. The van der Waals surface area contributed by atoms with Crippen LogP contribution in [0.2, 0.25) is 0 Å². The van der Waals surface area contributed by atoms with Gasteiger partial charge in [-0.2, -0.15) is 0 Å². The molecule has 0 aromatic heterocycles. The fourth-order valence-corrected chi connectivity index (χ4v) is 1.78. The monoisotopic (exact) mass is 229 g/mol. The number of aliphatic carboxylic acids is 1. The van der Waals surface area contributed by atoms with Crippen LogP contribution >= 0.6 is 0 Å². The van der Waals surface area contributed by atoms with Gasteiger partial charge >= 0.3 is 5.97 Å². The normalized spacial score (nSPS) is 22.9. The van der Waals surface area contributed by atoms with E-state index in [1.165, 1.54) is 0 Å². The molecular formula is C11H19NO4. The van der Waals surface area contributed by atoms with Crippen LogP contribution in [0.4, 0.5) is 0 Å². The minimum atomic E-state index is -0.891. The number of carboxylic acids is 1. The summed E-state index contributed by atoms with van der Waals surface area (Å²) in [4.78, 5) is 24.1. The van der Waals surface area contributed by atoms with Gasteiger partial charge in [-0.05, 0) is 12.8 Å². The molecular weight excluding hydrogens is 210 g/mol. The van der Waals surface area contributed by atoms with Crippen molar-refractivity contribution in [3.63, 3.8) is 0 Å². The first-order valence-electron chi connectivity index (χ1n) is 5.74. The van der Waals surface area contributed by atoms with Crippen molar-refractivity contribution in [2.24, 2.45) is 11.8 Å². The van der Waals surface area contributed by atoms with Crippen LogP contribution in [0.25, 0.3) is 0 Å². The maximum atomic E-state index is 11.9. The lowest BCUT2D eigenvalue weighted by molar-refractivity contribution is -0.142. The predicted octanol–water partition coefficient (Wildman–Crippen LogP) is 0.328. The SMILES string of the molecule is CCCCN(CCO)C(=O)[C@@H]1C[C@@H]1C(=O)O. The summed E-state index contributed by atoms with van der Waals surface area (Å²) in [5.41, 5.74) is 0. The Hall–Kier alpha value is -1.10. The molecule has 0 saturated heterocycles. The van der Waals surface area contributed by atoms with Crippen LogP contribution in [0.1, 0.15) is 26.2 Å². The third kappa shape index (κ3) is 3.20. The van der Waals surface area contributed by atoms with Crippen LogP contribution in [0.5, 0.6) is 0 Å². The summed E-state index contributed by atoms with van der Waals surface area (Å²) >= 11 is 0. The molecule has 0 aromatic carbocycles. The second kappa shape index (κ2) is 5.84. The number of unbranched alkanes of at least 4 members (excludes halogenated alkanes) is 1. The van der Waals surface area contributed by atoms with E-state index in [2.05, 4.69) is 0 Å². The van der Waals surface area contributed by atoms with E-state index in [1.54, 1.807) is 4.90 Å². The Balaban J connectivity index is 2.45. The molecule has 5 heteroatoms. The number of aliphatic hydroxyl groups is 1. The van der Waals surface area contributed by atoms with Crippen LogP contribution in [-0.4, -0.2) is 46.7 Å². The van der Waals surface area contributed by atoms with Crippen molar-refractivity contribution in [1.82, 2.24) is 4.90 Å². The lowest BCUT2D eigenvalue weighted by Gasteiger charge is -2.21. The molecule has 0 aliphatic heterocycles. The topological polar surface area (TPSA) is 77.8 Å². The Morgan fingerprint density at radius 2 is 2.00 bits per heavy atom. The van der Waals surface area contributed by atoms with Gasteiger partial charge in [0.15, 0.2) is 0 Å².